The molecule has 7 aromatic carbocycles. The summed E-state index contributed by atoms with van der Waals surface area (Å²) >= 11 is 1.87. The summed E-state index contributed by atoms with van der Waals surface area (Å²) in [6.07, 6.45) is 0. The summed E-state index contributed by atoms with van der Waals surface area (Å²) in [4.78, 5) is 15.4. The van der Waals surface area contributed by atoms with E-state index in [4.69, 9.17) is 15.0 Å². The van der Waals surface area contributed by atoms with Crippen LogP contribution in [0.1, 0.15) is 0 Å². The highest BCUT2D eigenvalue weighted by Gasteiger charge is 2.17. The van der Waals surface area contributed by atoms with Gasteiger partial charge in [-0.25, -0.2) is 15.0 Å². The van der Waals surface area contributed by atoms with Crippen LogP contribution < -0.4 is 0 Å². The Hall–Kier alpha value is -5.97. The van der Waals surface area contributed by atoms with E-state index >= 15 is 0 Å². The van der Waals surface area contributed by atoms with Crippen molar-refractivity contribution in [2.24, 2.45) is 0 Å². The van der Waals surface area contributed by atoms with Crippen molar-refractivity contribution in [3.63, 3.8) is 0 Å². The van der Waals surface area contributed by atoms with Crippen LogP contribution in [0.5, 0.6) is 0 Å². The molecule has 0 aliphatic carbocycles. The van der Waals surface area contributed by atoms with Crippen LogP contribution in [0.4, 0.5) is 0 Å². The summed E-state index contributed by atoms with van der Waals surface area (Å²) in [5, 5.41) is 9.68. The van der Waals surface area contributed by atoms with Gasteiger partial charge in [-0.3, -0.25) is 0 Å². The first-order valence-electron chi connectivity index (χ1n) is 15.8. The van der Waals surface area contributed by atoms with Crippen molar-refractivity contribution >= 4 is 74.9 Å². The SMILES string of the molecule is c1ccc2cc(-c3nc(-c4ccc(-c5nc6ccccc6c6c5ccc5c7ccccc7sc56)cc4)nc4ccccc34)ccc2c1. The van der Waals surface area contributed by atoms with E-state index in [2.05, 4.69) is 146 Å². The smallest absolute Gasteiger partial charge is 0.160 e. The largest absolute Gasteiger partial charge is 0.247 e. The van der Waals surface area contributed by atoms with Crippen molar-refractivity contribution in [1.29, 1.82) is 0 Å². The van der Waals surface area contributed by atoms with Crippen molar-refractivity contribution in [2.45, 2.75) is 0 Å². The molecule has 0 bridgehead atoms. The maximum absolute atomic E-state index is 5.23. The molecule has 0 spiro atoms. The Morgan fingerprint density at radius 1 is 0.383 bits per heavy atom. The Morgan fingerprint density at radius 3 is 1.85 bits per heavy atom. The Labute approximate surface area is 274 Å². The minimum Gasteiger partial charge on any atom is -0.247 e. The number of aromatic nitrogens is 3. The van der Waals surface area contributed by atoms with Crippen LogP contribution in [-0.2, 0) is 0 Å². The third-order valence-corrected chi connectivity index (χ3v) is 10.5. The molecule has 0 unspecified atom stereocenters. The number of hydrogen-bond donors (Lipinski definition) is 0. The molecule has 0 radical (unpaired) electrons. The Balaban J connectivity index is 1.14. The van der Waals surface area contributed by atoms with Crippen LogP contribution in [0, 0.1) is 0 Å². The minimum atomic E-state index is 0.710. The number of rotatable bonds is 3. The first kappa shape index (κ1) is 26.3. The molecule has 0 amide bonds. The molecule has 0 saturated heterocycles. The fourth-order valence-corrected chi connectivity index (χ4v) is 8.24. The number of para-hydroxylation sites is 2. The number of nitrogens with zero attached hydrogens (tertiary/aromatic N) is 3. The molecule has 10 aromatic rings. The standard InChI is InChI=1S/C43H25N3S/c1-2-10-29-25-30(22-17-26(29)9-1)41-34-13-4-7-15-37(34)45-43(46-41)28-20-18-27(19-21-28)40-35-24-23-32-31-11-5-8-16-38(31)47-42(32)39(35)33-12-3-6-14-36(33)44-40/h1-25H. The Kier molecular flexibility index (Phi) is 5.74. The van der Waals surface area contributed by atoms with E-state index < -0.39 is 0 Å². The minimum absolute atomic E-state index is 0.710. The van der Waals surface area contributed by atoms with Gasteiger partial charge in [-0.1, -0.05) is 127 Å². The molecule has 4 heteroatoms. The van der Waals surface area contributed by atoms with Crippen molar-refractivity contribution in [3.8, 4) is 33.9 Å². The highest BCUT2D eigenvalue weighted by Crippen LogP contribution is 2.43. The lowest BCUT2D eigenvalue weighted by atomic mass is 9.97. The highest BCUT2D eigenvalue weighted by atomic mass is 32.1. The molecule has 3 heterocycles. The van der Waals surface area contributed by atoms with Gasteiger partial charge in [-0.2, -0.15) is 0 Å². The van der Waals surface area contributed by atoms with Gasteiger partial charge in [0.05, 0.1) is 22.4 Å². The maximum Gasteiger partial charge on any atom is 0.160 e. The summed E-state index contributed by atoms with van der Waals surface area (Å²) in [6.45, 7) is 0. The average molecular weight is 616 g/mol. The lowest BCUT2D eigenvalue weighted by molar-refractivity contribution is 1.23. The van der Waals surface area contributed by atoms with Gasteiger partial charge in [-0.05, 0) is 35.0 Å². The Morgan fingerprint density at radius 2 is 1.00 bits per heavy atom. The van der Waals surface area contributed by atoms with Gasteiger partial charge >= 0.3 is 0 Å². The molecular weight excluding hydrogens is 591 g/mol. The number of hydrogen-bond acceptors (Lipinski definition) is 4. The fraction of sp³-hybridized carbons (Fsp3) is 0. The average Bonchev–Trinajstić information content (AvgIpc) is 3.53. The van der Waals surface area contributed by atoms with E-state index in [1.54, 1.807) is 0 Å². The molecule has 47 heavy (non-hydrogen) atoms. The zero-order chi connectivity index (χ0) is 30.9. The van der Waals surface area contributed by atoms with Gasteiger partial charge in [0, 0.05) is 58.4 Å². The lowest BCUT2D eigenvalue weighted by Gasteiger charge is -2.12. The van der Waals surface area contributed by atoms with Crippen LogP contribution in [0.15, 0.2) is 152 Å². The first-order chi connectivity index (χ1) is 23.3. The number of pyridine rings is 1. The second kappa shape index (κ2) is 10.3. The summed E-state index contributed by atoms with van der Waals surface area (Å²) in [5.74, 6) is 0.710. The molecule has 0 fully saturated rings. The molecule has 218 valence electrons. The Bertz CT molecular complexity index is 2850. The van der Waals surface area contributed by atoms with Crippen LogP contribution in [0.25, 0.3) is 97.4 Å². The highest BCUT2D eigenvalue weighted by molar-refractivity contribution is 7.26. The maximum atomic E-state index is 5.23. The van der Waals surface area contributed by atoms with E-state index in [9.17, 15) is 0 Å². The molecule has 3 aromatic heterocycles. The van der Waals surface area contributed by atoms with Gasteiger partial charge < -0.3 is 0 Å². The van der Waals surface area contributed by atoms with E-state index in [1.807, 2.05) is 17.4 Å². The fourth-order valence-electron chi connectivity index (χ4n) is 6.98. The summed E-state index contributed by atoms with van der Waals surface area (Å²) in [7, 11) is 0. The summed E-state index contributed by atoms with van der Waals surface area (Å²) in [6, 6.07) is 53.6. The first-order valence-corrected chi connectivity index (χ1v) is 16.6. The lowest BCUT2D eigenvalue weighted by Crippen LogP contribution is -1.95. The van der Waals surface area contributed by atoms with E-state index in [0.29, 0.717) is 5.82 Å². The molecule has 3 nitrogen and oxygen atoms in total. The van der Waals surface area contributed by atoms with Crippen molar-refractivity contribution < 1.29 is 0 Å². The van der Waals surface area contributed by atoms with Gasteiger partial charge in [0.25, 0.3) is 0 Å². The topological polar surface area (TPSA) is 38.7 Å². The van der Waals surface area contributed by atoms with Crippen LogP contribution in [0.2, 0.25) is 0 Å². The van der Waals surface area contributed by atoms with Gasteiger partial charge in [0.2, 0.25) is 0 Å². The van der Waals surface area contributed by atoms with E-state index in [1.165, 1.54) is 41.7 Å². The predicted molar refractivity (Wildman–Crippen MR) is 199 cm³/mol. The van der Waals surface area contributed by atoms with Crippen molar-refractivity contribution in [2.75, 3.05) is 0 Å². The second-order valence-corrected chi connectivity index (χ2v) is 13.0. The van der Waals surface area contributed by atoms with Crippen LogP contribution in [-0.4, -0.2) is 15.0 Å². The molecule has 0 atom stereocenters. The van der Waals surface area contributed by atoms with Gasteiger partial charge in [-0.15, -0.1) is 11.3 Å². The quantitative estimate of drug-likeness (QED) is 0.186. The molecule has 10 rings (SSSR count). The zero-order valence-electron chi connectivity index (χ0n) is 25.2. The van der Waals surface area contributed by atoms with Crippen molar-refractivity contribution in [3.05, 3.63) is 152 Å². The molecule has 0 aliphatic rings. The molecular formula is C43H25N3S. The number of benzene rings is 7. The molecule has 0 aliphatic heterocycles. The summed E-state index contributed by atoms with van der Waals surface area (Å²) in [5.41, 5.74) is 6.98. The molecule has 0 N–H and O–H groups in total. The van der Waals surface area contributed by atoms with Crippen LogP contribution >= 0.6 is 11.3 Å². The number of fused-ring (bicyclic) bond motifs is 9. The second-order valence-electron chi connectivity index (χ2n) is 12.0. The third-order valence-electron chi connectivity index (χ3n) is 9.25. The predicted octanol–water partition coefficient (Wildman–Crippen LogP) is 11.9. The van der Waals surface area contributed by atoms with Gasteiger partial charge in [0.1, 0.15) is 0 Å². The van der Waals surface area contributed by atoms with Crippen molar-refractivity contribution in [1.82, 2.24) is 15.0 Å². The normalized spacial score (nSPS) is 11.8. The number of thiophene rings is 1. The van der Waals surface area contributed by atoms with Crippen LogP contribution in [0.3, 0.4) is 0 Å². The van der Waals surface area contributed by atoms with E-state index in [0.717, 1.165) is 49.9 Å². The monoisotopic (exact) mass is 615 g/mol. The molecule has 0 saturated carbocycles. The van der Waals surface area contributed by atoms with E-state index in [-0.39, 0.29) is 0 Å². The third kappa shape index (κ3) is 4.16. The summed E-state index contributed by atoms with van der Waals surface area (Å²) < 4.78 is 2.62. The zero-order valence-corrected chi connectivity index (χ0v) is 26.0. The van der Waals surface area contributed by atoms with Gasteiger partial charge in [0.15, 0.2) is 5.82 Å².